The zero-order chi connectivity index (χ0) is 18.6. The normalized spacial score (nSPS) is 22.3. The van der Waals surface area contributed by atoms with E-state index in [1.165, 1.54) is 4.90 Å². The van der Waals surface area contributed by atoms with Gasteiger partial charge in [-0.25, -0.2) is 9.59 Å². The third-order valence-corrected chi connectivity index (χ3v) is 4.11. The summed E-state index contributed by atoms with van der Waals surface area (Å²) in [5, 5.41) is 12.6. The molecule has 2 rings (SSSR count). The highest BCUT2D eigenvalue weighted by atomic mass is 16.6. The number of likely N-dealkylation sites (tertiary alicyclic amines) is 1. The maximum Gasteiger partial charge on any atom is 0.407 e. The first-order chi connectivity index (χ1) is 11.7. The SMILES string of the molecule is C[C@H]1C[C@@H](NC(C(=O)OC(C)(C)C)c2ccccc2)CN(C(=O)O)C1. The first-order valence-corrected chi connectivity index (χ1v) is 8.67. The van der Waals surface area contributed by atoms with Gasteiger partial charge in [-0.15, -0.1) is 0 Å². The number of carboxylic acid groups (broad SMARTS) is 1. The Balaban J connectivity index is 2.18. The molecule has 0 aliphatic carbocycles. The molecule has 1 aromatic rings. The average molecular weight is 348 g/mol. The second kappa shape index (κ2) is 7.87. The highest BCUT2D eigenvalue weighted by molar-refractivity contribution is 5.78. The number of piperidine rings is 1. The van der Waals surface area contributed by atoms with E-state index in [1.807, 2.05) is 58.0 Å². The van der Waals surface area contributed by atoms with Crippen molar-refractivity contribution in [2.24, 2.45) is 5.92 Å². The third kappa shape index (κ3) is 5.74. The van der Waals surface area contributed by atoms with Gasteiger partial charge in [0.2, 0.25) is 0 Å². The predicted octanol–water partition coefficient (Wildman–Crippen LogP) is 3.05. The molecule has 0 aromatic heterocycles. The van der Waals surface area contributed by atoms with E-state index in [0.29, 0.717) is 13.1 Å². The molecule has 0 saturated carbocycles. The standard InChI is InChI=1S/C19H28N2O4/c1-13-10-15(12-21(11-13)18(23)24)20-16(14-8-6-5-7-9-14)17(22)25-19(2,3)4/h5-9,13,15-16,20H,10-12H2,1-4H3,(H,23,24)/t13-,15+,16?/m0/s1. The van der Waals surface area contributed by atoms with E-state index >= 15 is 0 Å². The van der Waals surface area contributed by atoms with Gasteiger partial charge >= 0.3 is 12.1 Å². The molecular formula is C19H28N2O4. The number of nitrogens with zero attached hydrogens (tertiary/aromatic N) is 1. The minimum absolute atomic E-state index is 0.0995. The van der Waals surface area contributed by atoms with Crippen LogP contribution < -0.4 is 5.32 Å². The zero-order valence-corrected chi connectivity index (χ0v) is 15.4. The van der Waals surface area contributed by atoms with Crippen molar-refractivity contribution in [3.05, 3.63) is 35.9 Å². The minimum Gasteiger partial charge on any atom is -0.465 e. The summed E-state index contributed by atoms with van der Waals surface area (Å²) in [4.78, 5) is 25.5. The number of carbonyl (C=O) groups excluding carboxylic acids is 1. The van der Waals surface area contributed by atoms with E-state index in [1.54, 1.807) is 0 Å². The number of nitrogens with one attached hydrogen (secondary N) is 1. The Morgan fingerprint density at radius 3 is 2.44 bits per heavy atom. The fourth-order valence-electron chi connectivity index (χ4n) is 3.17. The number of carbonyl (C=O) groups is 2. The summed E-state index contributed by atoms with van der Waals surface area (Å²) >= 11 is 0. The summed E-state index contributed by atoms with van der Waals surface area (Å²) in [6, 6.07) is 8.68. The Kier molecular flexibility index (Phi) is 6.06. The third-order valence-electron chi connectivity index (χ3n) is 4.11. The monoisotopic (exact) mass is 348 g/mol. The molecule has 1 amide bonds. The molecule has 6 nitrogen and oxygen atoms in total. The smallest absolute Gasteiger partial charge is 0.407 e. The Labute approximate surface area is 149 Å². The van der Waals surface area contributed by atoms with Crippen LogP contribution in [-0.4, -0.2) is 46.8 Å². The largest absolute Gasteiger partial charge is 0.465 e. The molecule has 0 spiro atoms. The Hall–Kier alpha value is -2.08. The average Bonchev–Trinajstić information content (AvgIpc) is 2.51. The highest BCUT2D eigenvalue weighted by Crippen LogP contribution is 2.23. The van der Waals surface area contributed by atoms with Gasteiger partial charge in [0.25, 0.3) is 0 Å². The van der Waals surface area contributed by atoms with Gasteiger partial charge < -0.3 is 14.7 Å². The molecule has 6 heteroatoms. The van der Waals surface area contributed by atoms with E-state index in [-0.39, 0.29) is 17.9 Å². The maximum atomic E-state index is 12.7. The summed E-state index contributed by atoms with van der Waals surface area (Å²) in [6.45, 7) is 8.42. The minimum atomic E-state index is -0.924. The number of ether oxygens (including phenoxy) is 1. The van der Waals surface area contributed by atoms with Gasteiger partial charge in [-0.05, 0) is 38.7 Å². The van der Waals surface area contributed by atoms with Crippen molar-refractivity contribution in [2.75, 3.05) is 13.1 Å². The van der Waals surface area contributed by atoms with E-state index in [4.69, 9.17) is 4.74 Å². The van der Waals surface area contributed by atoms with Crippen molar-refractivity contribution >= 4 is 12.1 Å². The molecule has 1 aliphatic rings. The highest BCUT2D eigenvalue weighted by Gasteiger charge is 2.33. The fraction of sp³-hybridized carbons (Fsp3) is 0.579. The van der Waals surface area contributed by atoms with Crippen LogP contribution in [0.25, 0.3) is 0 Å². The summed E-state index contributed by atoms with van der Waals surface area (Å²) < 4.78 is 5.57. The van der Waals surface area contributed by atoms with Crippen LogP contribution in [0.4, 0.5) is 4.79 Å². The second-order valence-electron chi connectivity index (χ2n) is 7.77. The molecule has 25 heavy (non-hydrogen) atoms. The fourth-order valence-corrected chi connectivity index (χ4v) is 3.17. The molecule has 1 fully saturated rings. The van der Waals surface area contributed by atoms with Crippen LogP contribution in [-0.2, 0) is 9.53 Å². The van der Waals surface area contributed by atoms with E-state index in [0.717, 1.165) is 12.0 Å². The van der Waals surface area contributed by atoms with Crippen LogP contribution in [0.15, 0.2) is 30.3 Å². The van der Waals surface area contributed by atoms with Gasteiger partial charge in [0.1, 0.15) is 11.6 Å². The first kappa shape index (κ1) is 19.2. The van der Waals surface area contributed by atoms with Crippen molar-refractivity contribution in [3.63, 3.8) is 0 Å². The summed E-state index contributed by atoms with van der Waals surface area (Å²) in [5.74, 6) is -0.115. The topological polar surface area (TPSA) is 78.9 Å². The molecular weight excluding hydrogens is 320 g/mol. The lowest BCUT2D eigenvalue weighted by atomic mass is 9.94. The van der Waals surface area contributed by atoms with Gasteiger partial charge in [-0.1, -0.05) is 37.3 Å². The van der Waals surface area contributed by atoms with Crippen LogP contribution in [0.3, 0.4) is 0 Å². The van der Waals surface area contributed by atoms with Crippen LogP contribution >= 0.6 is 0 Å². The molecule has 0 bridgehead atoms. The van der Waals surface area contributed by atoms with Crippen molar-refractivity contribution < 1.29 is 19.4 Å². The van der Waals surface area contributed by atoms with Crippen LogP contribution in [0.1, 0.15) is 45.7 Å². The Bertz CT molecular complexity index is 597. The lowest BCUT2D eigenvalue weighted by Crippen LogP contribution is -2.52. The number of rotatable bonds is 4. The number of benzene rings is 1. The summed E-state index contributed by atoms with van der Waals surface area (Å²) in [7, 11) is 0. The van der Waals surface area contributed by atoms with E-state index in [9.17, 15) is 14.7 Å². The van der Waals surface area contributed by atoms with Gasteiger partial charge in [0.05, 0.1) is 0 Å². The van der Waals surface area contributed by atoms with Crippen molar-refractivity contribution in [1.29, 1.82) is 0 Å². The quantitative estimate of drug-likeness (QED) is 0.818. The molecule has 2 N–H and O–H groups in total. The lowest BCUT2D eigenvalue weighted by Gasteiger charge is -2.37. The van der Waals surface area contributed by atoms with Gasteiger partial charge in [-0.2, -0.15) is 0 Å². The van der Waals surface area contributed by atoms with Crippen molar-refractivity contribution in [1.82, 2.24) is 10.2 Å². The number of hydrogen-bond acceptors (Lipinski definition) is 4. The number of amides is 1. The van der Waals surface area contributed by atoms with Gasteiger partial charge in [-0.3, -0.25) is 5.32 Å². The second-order valence-corrected chi connectivity index (χ2v) is 7.77. The van der Waals surface area contributed by atoms with E-state index < -0.39 is 17.7 Å². The van der Waals surface area contributed by atoms with Crippen LogP contribution in [0.5, 0.6) is 0 Å². The molecule has 1 aliphatic heterocycles. The van der Waals surface area contributed by atoms with E-state index in [2.05, 4.69) is 5.32 Å². The predicted molar refractivity (Wildman–Crippen MR) is 95.3 cm³/mol. The Morgan fingerprint density at radius 2 is 1.88 bits per heavy atom. The van der Waals surface area contributed by atoms with Gasteiger partial charge in [0, 0.05) is 19.1 Å². The van der Waals surface area contributed by atoms with Gasteiger partial charge in [0.15, 0.2) is 0 Å². The molecule has 1 heterocycles. The Morgan fingerprint density at radius 1 is 1.24 bits per heavy atom. The number of hydrogen-bond donors (Lipinski definition) is 2. The van der Waals surface area contributed by atoms with Crippen molar-refractivity contribution in [2.45, 2.75) is 51.8 Å². The zero-order valence-electron chi connectivity index (χ0n) is 15.4. The molecule has 3 atom stereocenters. The molecule has 138 valence electrons. The maximum absolute atomic E-state index is 12.7. The first-order valence-electron chi connectivity index (χ1n) is 8.67. The lowest BCUT2D eigenvalue weighted by molar-refractivity contribution is -0.158. The van der Waals surface area contributed by atoms with Crippen LogP contribution in [0.2, 0.25) is 0 Å². The molecule has 1 unspecified atom stereocenters. The van der Waals surface area contributed by atoms with Crippen LogP contribution in [0, 0.1) is 5.92 Å². The molecule has 1 saturated heterocycles. The molecule has 0 radical (unpaired) electrons. The summed E-state index contributed by atoms with van der Waals surface area (Å²) in [6.07, 6.45) is -0.109. The summed E-state index contributed by atoms with van der Waals surface area (Å²) in [5.41, 5.74) is 0.232. The molecule has 1 aromatic carbocycles. The number of esters is 1. The van der Waals surface area contributed by atoms with Crippen molar-refractivity contribution in [3.8, 4) is 0 Å².